The fourth-order valence-electron chi connectivity index (χ4n) is 2.11. The van der Waals surface area contributed by atoms with E-state index in [9.17, 15) is 8.78 Å². The Bertz CT molecular complexity index is 562. The van der Waals surface area contributed by atoms with Crippen molar-refractivity contribution in [3.8, 4) is 0 Å². The van der Waals surface area contributed by atoms with E-state index >= 15 is 0 Å². The van der Waals surface area contributed by atoms with Crippen molar-refractivity contribution in [2.45, 2.75) is 6.67 Å². The lowest BCUT2D eigenvalue weighted by molar-refractivity contribution is 0.185. The van der Waals surface area contributed by atoms with Crippen molar-refractivity contribution < 1.29 is 8.78 Å². The van der Waals surface area contributed by atoms with Crippen LogP contribution in [0, 0.1) is 11.6 Å². The van der Waals surface area contributed by atoms with E-state index in [1.54, 1.807) is 4.68 Å². The van der Waals surface area contributed by atoms with Gasteiger partial charge in [0.1, 0.15) is 5.52 Å². The maximum Gasteiger partial charge on any atom is 0.161 e. The van der Waals surface area contributed by atoms with Crippen LogP contribution in [0.5, 0.6) is 0 Å². The molecule has 1 fully saturated rings. The second-order valence-electron chi connectivity index (χ2n) is 4.35. The van der Waals surface area contributed by atoms with Crippen molar-refractivity contribution in [3.63, 3.8) is 0 Å². The summed E-state index contributed by atoms with van der Waals surface area (Å²) in [6.07, 6.45) is 0. The minimum absolute atomic E-state index is 0.379. The molecule has 0 saturated carbocycles. The van der Waals surface area contributed by atoms with E-state index in [1.807, 2.05) is 0 Å². The predicted molar refractivity (Wildman–Crippen MR) is 61.9 cm³/mol. The van der Waals surface area contributed by atoms with Crippen LogP contribution in [0.2, 0.25) is 0 Å². The zero-order valence-corrected chi connectivity index (χ0v) is 9.74. The molecule has 0 amide bonds. The van der Waals surface area contributed by atoms with Crippen LogP contribution in [-0.2, 0) is 6.67 Å². The Labute approximate surface area is 102 Å². The number of hydrogen-bond donors (Lipinski definition) is 1. The molecule has 3 rings (SSSR count). The Morgan fingerprint density at radius 3 is 2.67 bits per heavy atom. The molecular weight excluding hydrogens is 240 g/mol. The number of hydrogen-bond acceptors (Lipinski definition) is 4. The molecule has 2 heterocycles. The van der Waals surface area contributed by atoms with Crippen molar-refractivity contribution in [2.24, 2.45) is 0 Å². The lowest BCUT2D eigenvalue weighted by atomic mass is 10.3. The Hall–Kier alpha value is -1.60. The smallest absolute Gasteiger partial charge is 0.161 e. The molecule has 1 aromatic carbocycles. The molecule has 1 saturated heterocycles. The third-order valence-electron chi connectivity index (χ3n) is 3.10. The quantitative estimate of drug-likeness (QED) is 0.850. The minimum atomic E-state index is -0.892. The first-order valence-corrected chi connectivity index (χ1v) is 5.85. The maximum absolute atomic E-state index is 13.2. The average molecular weight is 253 g/mol. The summed E-state index contributed by atoms with van der Waals surface area (Å²) in [5.41, 5.74) is 0.900. The first-order chi connectivity index (χ1) is 8.74. The van der Waals surface area contributed by atoms with Gasteiger partial charge in [-0.3, -0.25) is 4.90 Å². The molecule has 1 aliphatic rings. The van der Waals surface area contributed by atoms with E-state index in [0.29, 0.717) is 17.7 Å². The van der Waals surface area contributed by atoms with E-state index in [4.69, 9.17) is 0 Å². The largest absolute Gasteiger partial charge is 0.314 e. The van der Waals surface area contributed by atoms with Crippen LogP contribution < -0.4 is 5.32 Å². The molecule has 7 heteroatoms. The molecule has 2 aromatic rings. The van der Waals surface area contributed by atoms with Crippen LogP contribution in [0.25, 0.3) is 11.0 Å². The molecule has 1 aromatic heterocycles. The third kappa shape index (κ3) is 2.06. The highest BCUT2D eigenvalue weighted by Crippen LogP contribution is 2.16. The van der Waals surface area contributed by atoms with Gasteiger partial charge in [-0.25, -0.2) is 13.5 Å². The Morgan fingerprint density at radius 2 is 1.89 bits per heavy atom. The Kier molecular flexibility index (Phi) is 2.92. The normalized spacial score (nSPS) is 17.4. The molecular formula is C11H13F2N5. The summed E-state index contributed by atoms with van der Waals surface area (Å²) >= 11 is 0. The second kappa shape index (κ2) is 4.58. The van der Waals surface area contributed by atoms with Gasteiger partial charge in [0.2, 0.25) is 0 Å². The number of rotatable bonds is 2. The number of piperazine rings is 1. The molecule has 0 bridgehead atoms. The number of nitrogens with zero attached hydrogens (tertiary/aromatic N) is 4. The summed E-state index contributed by atoms with van der Waals surface area (Å²) in [7, 11) is 0. The van der Waals surface area contributed by atoms with Crippen LogP contribution in [0.3, 0.4) is 0 Å². The molecule has 18 heavy (non-hydrogen) atoms. The van der Waals surface area contributed by atoms with Gasteiger partial charge >= 0.3 is 0 Å². The number of halogens is 2. The summed E-state index contributed by atoms with van der Waals surface area (Å²) in [5.74, 6) is -1.76. The van der Waals surface area contributed by atoms with Gasteiger partial charge in [0.15, 0.2) is 11.6 Å². The van der Waals surface area contributed by atoms with Gasteiger partial charge in [0.25, 0.3) is 0 Å². The van der Waals surface area contributed by atoms with Gasteiger partial charge in [-0.05, 0) is 0 Å². The van der Waals surface area contributed by atoms with Gasteiger partial charge < -0.3 is 5.32 Å². The van der Waals surface area contributed by atoms with Crippen molar-refractivity contribution in [2.75, 3.05) is 26.2 Å². The van der Waals surface area contributed by atoms with Gasteiger partial charge in [0, 0.05) is 38.3 Å². The van der Waals surface area contributed by atoms with Crippen molar-refractivity contribution >= 4 is 11.0 Å². The highest BCUT2D eigenvalue weighted by Gasteiger charge is 2.14. The zero-order valence-electron chi connectivity index (χ0n) is 9.74. The standard InChI is InChI=1S/C11H13F2N5/c12-8-5-10-11(6-9(8)13)18(16-15-10)7-17-3-1-14-2-4-17/h5-6,14H,1-4,7H2. The van der Waals surface area contributed by atoms with E-state index in [-0.39, 0.29) is 0 Å². The summed E-state index contributed by atoms with van der Waals surface area (Å²) in [6, 6.07) is 2.22. The SMILES string of the molecule is Fc1cc2nnn(CN3CCNCC3)c2cc1F. The van der Waals surface area contributed by atoms with Crippen LogP contribution in [-0.4, -0.2) is 46.1 Å². The van der Waals surface area contributed by atoms with Crippen LogP contribution in [0.1, 0.15) is 0 Å². The molecule has 5 nitrogen and oxygen atoms in total. The third-order valence-corrected chi connectivity index (χ3v) is 3.10. The van der Waals surface area contributed by atoms with Crippen molar-refractivity contribution in [3.05, 3.63) is 23.8 Å². The summed E-state index contributed by atoms with van der Waals surface area (Å²) < 4.78 is 27.9. The number of benzene rings is 1. The van der Waals surface area contributed by atoms with Gasteiger partial charge in [-0.1, -0.05) is 5.21 Å². The predicted octanol–water partition coefficient (Wildman–Crippen LogP) is 0.572. The minimum Gasteiger partial charge on any atom is -0.314 e. The molecule has 0 unspecified atom stereocenters. The van der Waals surface area contributed by atoms with Gasteiger partial charge in [-0.15, -0.1) is 5.10 Å². The summed E-state index contributed by atoms with van der Waals surface area (Å²) in [5, 5.41) is 11.0. The highest BCUT2D eigenvalue weighted by molar-refractivity contribution is 5.74. The van der Waals surface area contributed by atoms with Crippen molar-refractivity contribution in [1.29, 1.82) is 0 Å². The fourth-order valence-corrected chi connectivity index (χ4v) is 2.11. The van der Waals surface area contributed by atoms with E-state index in [1.165, 1.54) is 0 Å². The average Bonchev–Trinajstić information content (AvgIpc) is 2.74. The van der Waals surface area contributed by atoms with Gasteiger partial charge in [0.05, 0.1) is 12.2 Å². The van der Waals surface area contributed by atoms with Crippen molar-refractivity contribution in [1.82, 2.24) is 25.2 Å². The summed E-state index contributed by atoms with van der Waals surface area (Å²) in [6.45, 7) is 4.21. The van der Waals surface area contributed by atoms with E-state index in [2.05, 4.69) is 20.5 Å². The lowest BCUT2D eigenvalue weighted by Gasteiger charge is -2.26. The molecule has 0 atom stereocenters. The maximum atomic E-state index is 13.2. The van der Waals surface area contributed by atoms with E-state index < -0.39 is 11.6 Å². The topological polar surface area (TPSA) is 46.0 Å². The monoisotopic (exact) mass is 253 g/mol. The second-order valence-corrected chi connectivity index (χ2v) is 4.35. The number of nitrogens with one attached hydrogen (secondary N) is 1. The Balaban J connectivity index is 1.89. The lowest BCUT2D eigenvalue weighted by Crippen LogP contribution is -2.44. The zero-order chi connectivity index (χ0) is 12.5. The molecule has 0 radical (unpaired) electrons. The first kappa shape index (κ1) is 11.5. The van der Waals surface area contributed by atoms with E-state index in [0.717, 1.165) is 38.3 Å². The fraction of sp³-hybridized carbons (Fsp3) is 0.455. The van der Waals surface area contributed by atoms with Crippen LogP contribution in [0.15, 0.2) is 12.1 Å². The molecule has 0 spiro atoms. The Morgan fingerprint density at radius 1 is 1.17 bits per heavy atom. The number of aromatic nitrogens is 3. The molecule has 1 aliphatic heterocycles. The van der Waals surface area contributed by atoms with Crippen LogP contribution in [0.4, 0.5) is 8.78 Å². The van der Waals surface area contributed by atoms with Crippen LogP contribution >= 0.6 is 0 Å². The molecule has 1 N–H and O–H groups in total. The molecule has 0 aliphatic carbocycles. The highest BCUT2D eigenvalue weighted by atomic mass is 19.2. The molecule has 96 valence electrons. The number of fused-ring (bicyclic) bond motifs is 1. The van der Waals surface area contributed by atoms with Gasteiger partial charge in [-0.2, -0.15) is 0 Å². The first-order valence-electron chi connectivity index (χ1n) is 5.85. The summed E-state index contributed by atoms with van der Waals surface area (Å²) in [4.78, 5) is 2.19.